The Morgan fingerprint density at radius 3 is 2.45 bits per heavy atom. The van der Waals surface area contributed by atoms with Crippen LogP contribution >= 0.6 is 27.5 Å². The number of hydrogen-bond donors (Lipinski definition) is 1. The molecule has 33 heavy (non-hydrogen) atoms. The number of rotatable bonds is 7. The fourth-order valence-corrected chi connectivity index (χ4v) is 5.85. The highest BCUT2D eigenvalue weighted by molar-refractivity contribution is 9.10. The van der Waals surface area contributed by atoms with E-state index in [2.05, 4.69) is 27.3 Å². The van der Waals surface area contributed by atoms with Gasteiger partial charge in [-0.15, -0.1) is 0 Å². The van der Waals surface area contributed by atoms with Gasteiger partial charge < -0.3 is 5.32 Å². The molecule has 0 radical (unpaired) electrons. The number of sulfonamides is 1. The molecule has 172 valence electrons. The molecule has 1 aliphatic carbocycles. The van der Waals surface area contributed by atoms with Crippen LogP contribution < -0.4 is 5.32 Å². The normalized spacial score (nSPS) is 15.8. The van der Waals surface area contributed by atoms with E-state index in [4.69, 9.17) is 11.6 Å². The van der Waals surface area contributed by atoms with E-state index in [-0.39, 0.29) is 29.9 Å². The summed E-state index contributed by atoms with van der Waals surface area (Å²) in [5.74, 6) is -0.327. The highest BCUT2D eigenvalue weighted by Gasteiger charge is 2.29. The Morgan fingerprint density at radius 2 is 1.73 bits per heavy atom. The van der Waals surface area contributed by atoms with Crippen LogP contribution in [0.4, 0.5) is 0 Å². The van der Waals surface area contributed by atoms with E-state index in [0.717, 1.165) is 34.9 Å². The lowest BCUT2D eigenvalue weighted by Gasteiger charge is -2.28. The Morgan fingerprint density at radius 1 is 1.03 bits per heavy atom. The minimum absolute atomic E-state index is 0.0763. The Balaban J connectivity index is 1.57. The molecular formula is C25H24BrClN2O3S. The monoisotopic (exact) mass is 546 g/mol. The van der Waals surface area contributed by atoms with Crippen molar-refractivity contribution in [1.29, 1.82) is 0 Å². The molecule has 3 aromatic rings. The zero-order valence-corrected chi connectivity index (χ0v) is 21.0. The number of fused-ring (bicyclic) bond motifs is 1. The van der Waals surface area contributed by atoms with Gasteiger partial charge in [0.25, 0.3) is 0 Å². The van der Waals surface area contributed by atoms with Crippen molar-refractivity contribution < 1.29 is 13.2 Å². The van der Waals surface area contributed by atoms with Crippen LogP contribution in [-0.2, 0) is 27.8 Å². The lowest BCUT2D eigenvalue weighted by atomic mass is 9.88. The summed E-state index contributed by atoms with van der Waals surface area (Å²) in [6, 6.07) is 21.3. The molecule has 5 nitrogen and oxygen atoms in total. The van der Waals surface area contributed by atoms with Crippen LogP contribution in [0.2, 0.25) is 5.02 Å². The largest absolute Gasteiger partial charge is 0.348 e. The second-order valence-corrected chi connectivity index (χ2v) is 11.4. The van der Waals surface area contributed by atoms with Crippen LogP contribution in [0.1, 0.15) is 35.6 Å². The third kappa shape index (κ3) is 5.84. The zero-order chi connectivity index (χ0) is 23.4. The van der Waals surface area contributed by atoms with Gasteiger partial charge in [-0.25, -0.2) is 8.42 Å². The first-order valence-corrected chi connectivity index (χ1v) is 13.3. The number of benzene rings is 3. The van der Waals surface area contributed by atoms with Gasteiger partial charge in [-0.05, 0) is 72.4 Å². The van der Waals surface area contributed by atoms with Gasteiger partial charge in [-0.3, -0.25) is 4.79 Å². The molecule has 0 spiro atoms. The van der Waals surface area contributed by atoms with Crippen LogP contribution in [0, 0.1) is 0 Å². The van der Waals surface area contributed by atoms with E-state index in [1.807, 2.05) is 42.5 Å². The summed E-state index contributed by atoms with van der Waals surface area (Å²) in [7, 11) is -3.92. The second kappa shape index (κ2) is 10.4. The first kappa shape index (κ1) is 24.0. The lowest BCUT2D eigenvalue weighted by molar-refractivity contribution is -0.122. The van der Waals surface area contributed by atoms with E-state index < -0.39 is 10.0 Å². The molecule has 3 aromatic carbocycles. The van der Waals surface area contributed by atoms with Crippen LogP contribution in [0.15, 0.2) is 82.2 Å². The summed E-state index contributed by atoms with van der Waals surface area (Å²) in [5, 5.41) is 3.51. The average molecular weight is 548 g/mol. The summed E-state index contributed by atoms with van der Waals surface area (Å²) >= 11 is 9.34. The molecule has 0 saturated heterocycles. The molecule has 4 rings (SSSR count). The first-order chi connectivity index (χ1) is 15.8. The molecule has 0 heterocycles. The van der Waals surface area contributed by atoms with Crippen LogP contribution in [-0.4, -0.2) is 25.2 Å². The van der Waals surface area contributed by atoms with E-state index in [9.17, 15) is 13.2 Å². The number of amides is 1. The second-order valence-electron chi connectivity index (χ2n) is 8.06. The Hall–Kier alpha value is -2.19. The molecule has 0 aromatic heterocycles. The third-order valence-corrected chi connectivity index (χ3v) is 8.33. The van der Waals surface area contributed by atoms with Gasteiger partial charge in [-0.1, -0.05) is 63.9 Å². The van der Waals surface area contributed by atoms with Gasteiger partial charge in [-0.2, -0.15) is 4.31 Å². The number of halogens is 2. The molecule has 0 fully saturated rings. The highest BCUT2D eigenvalue weighted by atomic mass is 79.9. The van der Waals surface area contributed by atoms with Crippen molar-refractivity contribution in [2.45, 2.75) is 36.7 Å². The van der Waals surface area contributed by atoms with Gasteiger partial charge in [0.15, 0.2) is 0 Å². The summed E-state index contributed by atoms with van der Waals surface area (Å²) in [6.45, 7) is -0.202. The van der Waals surface area contributed by atoms with Gasteiger partial charge in [0, 0.05) is 16.0 Å². The average Bonchev–Trinajstić information content (AvgIpc) is 2.80. The quantitative estimate of drug-likeness (QED) is 0.426. The van der Waals surface area contributed by atoms with Gasteiger partial charge in [0.05, 0.1) is 17.5 Å². The van der Waals surface area contributed by atoms with Gasteiger partial charge >= 0.3 is 0 Å². The predicted octanol–water partition coefficient (Wildman–Crippen LogP) is 5.49. The number of aryl methyl sites for hydroxylation is 1. The molecule has 0 bridgehead atoms. The molecule has 1 atom stereocenters. The standard InChI is InChI=1S/C25H24BrClN2O3S/c26-20-10-8-18(9-11-20)16-29(33(31,32)22-14-12-21(27)13-15-22)17-25(30)28-24-7-3-5-19-4-1-2-6-23(19)24/h1-2,4,6,8-15,24H,3,5,7,16-17H2,(H,28,30)/t24-/m1/s1. The van der Waals surface area contributed by atoms with Gasteiger partial charge in [0.1, 0.15) is 0 Å². The van der Waals surface area contributed by atoms with Crippen LogP contribution in [0.5, 0.6) is 0 Å². The van der Waals surface area contributed by atoms with Crippen molar-refractivity contribution in [1.82, 2.24) is 9.62 Å². The smallest absolute Gasteiger partial charge is 0.243 e. The summed E-state index contributed by atoms with van der Waals surface area (Å²) in [5.41, 5.74) is 3.12. The molecule has 0 unspecified atom stereocenters. The predicted molar refractivity (Wildman–Crippen MR) is 133 cm³/mol. The molecular weight excluding hydrogens is 524 g/mol. The van der Waals surface area contributed by atoms with Crippen molar-refractivity contribution in [3.63, 3.8) is 0 Å². The van der Waals surface area contributed by atoms with Gasteiger partial charge in [0.2, 0.25) is 15.9 Å². The van der Waals surface area contributed by atoms with Crippen molar-refractivity contribution in [2.24, 2.45) is 0 Å². The highest BCUT2D eigenvalue weighted by Crippen LogP contribution is 2.29. The van der Waals surface area contributed by atoms with Crippen molar-refractivity contribution >= 4 is 43.5 Å². The number of nitrogens with one attached hydrogen (secondary N) is 1. The third-order valence-electron chi connectivity index (χ3n) is 5.75. The number of carbonyl (C=O) groups is 1. The fourth-order valence-electron chi connectivity index (χ4n) is 4.08. The zero-order valence-electron chi connectivity index (χ0n) is 17.9. The van der Waals surface area contributed by atoms with Crippen LogP contribution in [0.25, 0.3) is 0 Å². The summed E-state index contributed by atoms with van der Waals surface area (Å²) < 4.78 is 29.0. The number of hydrogen-bond acceptors (Lipinski definition) is 3. The van der Waals surface area contributed by atoms with E-state index >= 15 is 0 Å². The Labute approximate surface area is 207 Å². The maximum absolute atomic E-state index is 13.4. The molecule has 1 aliphatic rings. The van der Waals surface area contributed by atoms with E-state index in [1.165, 1.54) is 34.1 Å². The summed E-state index contributed by atoms with van der Waals surface area (Å²) in [6.07, 6.45) is 2.80. The SMILES string of the molecule is O=C(CN(Cc1ccc(Br)cc1)S(=O)(=O)c1ccc(Cl)cc1)N[C@@H]1CCCc2ccccc21. The maximum atomic E-state index is 13.4. The number of carbonyl (C=O) groups excluding carboxylic acids is 1. The van der Waals surface area contributed by atoms with Crippen molar-refractivity contribution in [3.05, 3.63) is 99.0 Å². The molecule has 0 saturated carbocycles. The Bertz CT molecular complexity index is 1230. The van der Waals surface area contributed by atoms with Crippen molar-refractivity contribution in [2.75, 3.05) is 6.54 Å². The molecule has 0 aliphatic heterocycles. The first-order valence-electron chi connectivity index (χ1n) is 10.7. The minimum atomic E-state index is -3.92. The fraction of sp³-hybridized carbons (Fsp3) is 0.240. The number of nitrogens with zero attached hydrogens (tertiary/aromatic N) is 1. The van der Waals surface area contributed by atoms with Crippen molar-refractivity contribution in [3.8, 4) is 0 Å². The van der Waals surface area contributed by atoms with E-state index in [1.54, 1.807) is 0 Å². The molecule has 8 heteroatoms. The van der Waals surface area contributed by atoms with Crippen LogP contribution in [0.3, 0.4) is 0 Å². The van der Waals surface area contributed by atoms with E-state index in [0.29, 0.717) is 5.02 Å². The topological polar surface area (TPSA) is 66.5 Å². The summed E-state index contributed by atoms with van der Waals surface area (Å²) in [4.78, 5) is 13.2. The maximum Gasteiger partial charge on any atom is 0.243 e. The molecule has 1 N–H and O–H groups in total. The Kier molecular flexibility index (Phi) is 7.54. The molecule has 1 amide bonds. The minimum Gasteiger partial charge on any atom is -0.348 e. The lowest BCUT2D eigenvalue weighted by Crippen LogP contribution is -2.42.